The van der Waals surface area contributed by atoms with E-state index in [4.69, 9.17) is 5.26 Å². The van der Waals surface area contributed by atoms with Crippen LogP contribution in [-0.2, 0) is 10.0 Å². The summed E-state index contributed by atoms with van der Waals surface area (Å²) < 4.78 is 26.8. The van der Waals surface area contributed by atoms with Gasteiger partial charge in [-0.2, -0.15) is 5.26 Å². The number of pyridine rings is 1. The van der Waals surface area contributed by atoms with Gasteiger partial charge in [-0.05, 0) is 37.6 Å². The number of hydrogen-bond acceptors (Lipinski definition) is 5. The van der Waals surface area contributed by atoms with E-state index in [0.29, 0.717) is 28.2 Å². The maximum Gasteiger partial charge on any atom is 0.280 e. The predicted molar refractivity (Wildman–Crippen MR) is 105 cm³/mol. The first kappa shape index (κ1) is 19.9. The second-order valence-corrected chi connectivity index (χ2v) is 7.54. The lowest BCUT2D eigenvalue weighted by molar-refractivity contribution is 0.602. The fourth-order valence-corrected chi connectivity index (χ4v) is 2.73. The van der Waals surface area contributed by atoms with Gasteiger partial charge in [0.2, 0.25) is 10.0 Å². The fraction of sp³-hybridized carbons (Fsp3) is 0.167. The second kappa shape index (κ2) is 8.33. The standard InChI is InChI=1S/C18H19N5O3S/c1-4-14(10-19)7-6-13(3)16-12-21-23(18(16)24)17-9-8-15(11-20-17)22-27(25,26)5-2/h4,6-9,11-12,21-22H,1,5H2,2-3H3/b13-6+,14-7+. The number of nitriles is 1. The Kier molecular flexibility index (Phi) is 6.15. The zero-order valence-electron chi connectivity index (χ0n) is 14.9. The molecule has 0 aliphatic carbocycles. The van der Waals surface area contributed by atoms with E-state index in [-0.39, 0.29) is 11.3 Å². The molecule has 2 heterocycles. The quantitative estimate of drug-likeness (QED) is 0.560. The van der Waals surface area contributed by atoms with Gasteiger partial charge in [0.15, 0.2) is 5.82 Å². The van der Waals surface area contributed by atoms with Crippen LogP contribution >= 0.6 is 0 Å². The van der Waals surface area contributed by atoms with E-state index in [0.717, 1.165) is 0 Å². The summed E-state index contributed by atoms with van der Waals surface area (Å²) >= 11 is 0. The van der Waals surface area contributed by atoms with Gasteiger partial charge in [-0.25, -0.2) is 18.1 Å². The Morgan fingerprint density at radius 3 is 2.74 bits per heavy atom. The largest absolute Gasteiger partial charge is 0.296 e. The van der Waals surface area contributed by atoms with Crippen molar-refractivity contribution in [2.75, 3.05) is 10.5 Å². The second-order valence-electron chi connectivity index (χ2n) is 5.53. The van der Waals surface area contributed by atoms with Crippen LogP contribution in [-0.4, -0.2) is 28.9 Å². The topological polar surface area (TPSA) is 121 Å². The summed E-state index contributed by atoms with van der Waals surface area (Å²) in [5.74, 6) is 0.269. The van der Waals surface area contributed by atoms with E-state index >= 15 is 0 Å². The monoisotopic (exact) mass is 385 g/mol. The smallest absolute Gasteiger partial charge is 0.280 e. The van der Waals surface area contributed by atoms with Crippen molar-refractivity contribution in [1.82, 2.24) is 14.8 Å². The molecule has 2 aromatic rings. The molecule has 0 saturated carbocycles. The lowest BCUT2D eigenvalue weighted by atomic mass is 10.1. The molecule has 2 N–H and O–H groups in total. The Balaban J connectivity index is 2.31. The van der Waals surface area contributed by atoms with Gasteiger partial charge in [0.25, 0.3) is 5.56 Å². The van der Waals surface area contributed by atoms with Crippen LogP contribution in [0, 0.1) is 11.3 Å². The van der Waals surface area contributed by atoms with E-state index in [1.54, 1.807) is 19.1 Å². The average Bonchev–Trinajstić information content (AvgIpc) is 3.04. The van der Waals surface area contributed by atoms with E-state index in [2.05, 4.69) is 21.4 Å². The summed E-state index contributed by atoms with van der Waals surface area (Å²) in [6.45, 7) is 6.82. The summed E-state index contributed by atoms with van der Waals surface area (Å²) in [5.41, 5.74) is 1.47. The first-order valence-corrected chi connectivity index (χ1v) is 9.65. The molecule has 8 nitrogen and oxygen atoms in total. The summed E-state index contributed by atoms with van der Waals surface area (Å²) in [6.07, 6.45) is 7.54. The summed E-state index contributed by atoms with van der Waals surface area (Å²) in [4.78, 5) is 16.7. The van der Waals surface area contributed by atoms with Gasteiger partial charge in [-0.3, -0.25) is 14.6 Å². The zero-order valence-corrected chi connectivity index (χ0v) is 15.7. The Morgan fingerprint density at radius 1 is 1.44 bits per heavy atom. The third-order valence-electron chi connectivity index (χ3n) is 3.69. The minimum Gasteiger partial charge on any atom is -0.296 e. The molecule has 0 radical (unpaired) electrons. The van der Waals surface area contributed by atoms with Gasteiger partial charge in [-0.1, -0.05) is 18.7 Å². The van der Waals surface area contributed by atoms with Crippen molar-refractivity contribution in [3.63, 3.8) is 0 Å². The van der Waals surface area contributed by atoms with Crippen molar-refractivity contribution < 1.29 is 8.42 Å². The van der Waals surface area contributed by atoms with Crippen LogP contribution in [0.4, 0.5) is 5.69 Å². The van der Waals surface area contributed by atoms with Gasteiger partial charge < -0.3 is 0 Å². The molecule has 0 aromatic carbocycles. The van der Waals surface area contributed by atoms with Crippen LogP contribution in [0.1, 0.15) is 19.4 Å². The van der Waals surface area contributed by atoms with E-state index < -0.39 is 10.0 Å². The van der Waals surface area contributed by atoms with Crippen LogP contribution in [0.5, 0.6) is 0 Å². The highest BCUT2D eigenvalue weighted by Crippen LogP contribution is 2.13. The number of hydrogen-bond donors (Lipinski definition) is 2. The number of rotatable bonds is 7. The molecule has 27 heavy (non-hydrogen) atoms. The molecule has 0 amide bonds. The normalized spacial score (nSPS) is 12.5. The van der Waals surface area contributed by atoms with Crippen LogP contribution in [0.25, 0.3) is 11.4 Å². The van der Waals surface area contributed by atoms with Crippen LogP contribution in [0.2, 0.25) is 0 Å². The van der Waals surface area contributed by atoms with Crippen molar-refractivity contribution in [3.05, 3.63) is 70.8 Å². The Hall–Kier alpha value is -3.38. The van der Waals surface area contributed by atoms with Crippen molar-refractivity contribution in [3.8, 4) is 11.9 Å². The van der Waals surface area contributed by atoms with Gasteiger partial charge in [0, 0.05) is 6.20 Å². The maximum absolute atomic E-state index is 12.6. The number of nitrogens with one attached hydrogen (secondary N) is 2. The number of aromatic nitrogens is 3. The number of aromatic amines is 1. The Bertz CT molecular complexity index is 1100. The molecule has 140 valence electrons. The zero-order chi connectivity index (χ0) is 20.0. The SMILES string of the molecule is C=C/C(C#N)=C\C=C(/C)c1c[nH]n(-c2ccc(NS(=O)(=O)CC)cn2)c1=O. The minimum atomic E-state index is -3.39. The Labute approximate surface area is 157 Å². The first-order chi connectivity index (χ1) is 12.8. The number of allylic oxidation sites excluding steroid dienone is 5. The molecule has 0 unspecified atom stereocenters. The number of sulfonamides is 1. The van der Waals surface area contributed by atoms with Gasteiger partial charge in [-0.15, -0.1) is 0 Å². The van der Waals surface area contributed by atoms with Crippen molar-refractivity contribution in [2.45, 2.75) is 13.8 Å². The van der Waals surface area contributed by atoms with Crippen LogP contribution in [0.15, 0.2) is 59.7 Å². The highest BCUT2D eigenvalue weighted by molar-refractivity contribution is 7.92. The number of H-pyrrole nitrogens is 1. The highest BCUT2D eigenvalue weighted by Gasteiger charge is 2.11. The number of anilines is 1. The molecule has 0 aliphatic rings. The van der Waals surface area contributed by atoms with Gasteiger partial charge in [0.1, 0.15) is 0 Å². The van der Waals surface area contributed by atoms with Crippen LogP contribution < -0.4 is 10.3 Å². The molecule has 9 heteroatoms. The van der Waals surface area contributed by atoms with Crippen molar-refractivity contribution >= 4 is 21.3 Å². The summed E-state index contributed by atoms with van der Waals surface area (Å²) in [6, 6.07) is 5.03. The third kappa shape index (κ3) is 4.83. The van der Waals surface area contributed by atoms with Gasteiger partial charge in [0.05, 0.1) is 34.8 Å². The molecule has 0 atom stereocenters. The molecular formula is C18H19N5O3S. The van der Waals surface area contributed by atoms with Crippen molar-refractivity contribution in [2.24, 2.45) is 0 Å². The highest BCUT2D eigenvalue weighted by atomic mass is 32.2. The molecule has 2 aromatic heterocycles. The molecule has 0 spiro atoms. The summed E-state index contributed by atoms with van der Waals surface area (Å²) in [5, 5.41) is 11.7. The van der Waals surface area contributed by atoms with Gasteiger partial charge >= 0.3 is 0 Å². The molecule has 2 rings (SSSR count). The molecule has 0 saturated heterocycles. The molecule has 0 aliphatic heterocycles. The van der Waals surface area contributed by atoms with E-state index in [9.17, 15) is 13.2 Å². The average molecular weight is 385 g/mol. The fourth-order valence-electron chi connectivity index (χ4n) is 2.11. The Morgan fingerprint density at radius 2 is 2.19 bits per heavy atom. The lowest BCUT2D eigenvalue weighted by Gasteiger charge is -2.06. The van der Waals surface area contributed by atoms with E-state index in [1.165, 1.54) is 42.2 Å². The molecule has 0 bridgehead atoms. The van der Waals surface area contributed by atoms with Crippen molar-refractivity contribution in [1.29, 1.82) is 5.26 Å². The first-order valence-electron chi connectivity index (χ1n) is 8.00. The summed E-state index contributed by atoms with van der Waals surface area (Å²) in [7, 11) is -3.39. The number of nitrogens with zero attached hydrogens (tertiary/aromatic N) is 3. The minimum absolute atomic E-state index is 0.0480. The molecule has 0 fully saturated rings. The molecular weight excluding hydrogens is 366 g/mol. The predicted octanol–water partition coefficient (Wildman–Crippen LogP) is 2.36. The van der Waals surface area contributed by atoms with Crippen LogP contribution in [0.3, 0.4) is 0 Å². The third-order valence-corrected chi connectivity index (χ3v) is 5.00. The van der Waals surface area contributed by atoms with E-state index in [1.807, 2.05) is 6.07 Å². The maximum atomic E-state index is 12.6. The lowest BCUT2D eigenvalue weighted by Crippen LogP contribution is -2.18.